The molecule has 8 heteroatoms. The van der Waals surface area contributed by atoms with Crippen molar-refractivity contribution in [1.29, 1.82) is 0 Å². The van der Waals surface area contributed by atoms with Gasteiger partial charge in [0, 0.05) is 17.6 Å². The molecule has 0 spiro atoms. The van der Waals surface area contributed by atoms with Crippen LogP contribution >= 0.6 is 0 Å². The molecule has 4 aromatic rings. The number of fused-ring (bicyclic) bond motifs is 2. The number of hydrogen-bond donors (Lipinski definition) is 2. The summed E-state index contributed by atoms with van der Waals surface area (Å²) < 4.78 is 1.60. The number of aromatic amines is 1. The molecule has 4 rings (SSSR count). The molecule has 2 N–H and O–H groups in total. The number of aromatic nitrogens is 4. The van der Waals surface area contributed by atoms with Gasteiger partial charge < -0.3 is 5.32 Å². The molecule has 31 heavy (non-hydrogen) atoms. The Morgan fingerprint density at radius 1 is 1.10 bits per heavy atom. The minimum atomic E-state index is -0.298. The van der Waals surface area contributed by atoms with Gasteiger partial charge in [0.1, 0.15) is 0 Å². The van der Waals surface area contributed by atoms with Crippen LogP contribution in [0.5, 0.6) is 0 Å². The Morgan fingerprint density at radius 2 is 1.87 bits per heavy atom. The van der Waals surface area contributed by atoms with Gasteiger partial charge in [-0.1, -0.05) is 32.0 Å². The maximum absolute atomic E-state index is 12.8. The molecule has 0 fully saturated rings. The molecule has 0 saturated heterocycles. The van der Waals surface area contributed by atoms with Gasteiger partial charge in [-0.2, -0.15) is 5.10 Å². The fourth-order valence-corrected chi connectivity index (χ4v) is 3.46. The summed E-state index contributed by atoms with van der Waals surface area (Å²) in [5, 5.41) is 10.9. The van der Waals surface area contributed by atoms with E-state index in [-0.39, 0.29) is 23.4 Å². The maximum atomic E-state index is 12.8. The predicted octanol–water partition coefficient (Wildman–Crippen LogP) is 2.86. The van der Waals surface area contributed by atoms with Crippen LogP contribution in [0.3, 0.4) is 0 Å². The molecular weight excluding hydrogens is 394 g/mol. The topological polar surface area (TPSA) is 110 Å². The standard InChI is InChI=1S/C23H23N5O3/c1-14(2)9-10-28-13-24-19-8-7-15(11-18(19)23(28)31)25-21(29)12-20-16-5-3-4-6-17(16)22(30)27-26-20/h3-8,11,13-14H,9-10,12H2,1-2H3,(H,25,29)(H,27,30). The van der Waals surface area contributed by atoms with Crippen LogP contribution in [0.4, 0.5) is 5.69 Å². The van der Waals surface area contributed by atoms with Crippen LogP contribution in [-0.4, -0.2) is 25.7 Å². The van der Waals surface area contributed by atoms with E-state index in [1.165, 1.54) is 0 Å². The lowest BCUT2D eigenvalue weighted by Crippen LogP contribution is -2.22. The summed E-state index contributed by atoms with van der Waals surface area (Å²) in [4.78, 5) is 41.7. The average molecular weight is 417 g/mol. The zero-order valence-corrected chi connectivity index (χ0v) is 17.4. The molecule has 0 aliphatic carbocycles. The average Bonchev–Trinajstić information content (AvgIpc) is 2.76. The van der Waals surface area contributed by atoms with E-state index < -0.39 is 0 Å². The minimum absolute atomic E-state index is 0.0129. The van der Waals surface area contributed by atoms with Crippen molar-refractivity contribution in [3.63, 3.8) is 0 Å². The first-order valence-electron chi connectivity index (χ1n) is 10.2. The molecule has 0 bridgehead atoms. The summed E-state index contributed by atoms with van der Waals surface area (Å²) >= 11 is 0. The largest absolute Gasteiger partial charge is 0.326 e. The van der Waals surface area contributed by atoms with Crippen molar-refractivity contribution in [2.45, 2.75) is 33.2 Å². The molecular formula is C23H23N5O3. The molecule has 2 heterocycles. The second kappa shape index (κ2) is 8.51. The van der Waals surface area contributed by atoms with Gasteiger partial charge in [0.2, 0.25) is 5.91 Å². The zero-order chi connectivity index (χ0) is 22.0. The third-order valence-corrected chi connectivity index (χ3v) is 5.16. The first-order valence-corrected chi connectivity index (χ1v) is 10.2. The number of nitrogens with one attached hydrogen (secondary N) is 2. The van der Waals surface area contributed by atoms with Crippen molar-refractivity contribution in [2.75, 3.05) is 5.32 Å². The molecule has 2 aromatic heterocycles. The number of rotatable bonds is 6. The van der Waals surface area contributed by atoms with Gasteiger partial charge in [-0.05, 0) is 36.6 Å². The minimum Gasteiger partial charge on any atom is -0.326 e. The Balaban J connectivity index is 1.58. The van der Waals surface area contributed by atoms with Crippen molar-refractivity contribution in [2.24, 2.45) is 5.92 Å². The van der Waals surface area contributed by atoms with Gasteiger partial charge in [-0.3, -0.25) is 19.0 Å². The van der Waals surface area contributed by atoms with Crippen molar-refractivity contribution < 1.29 is 4.79 Å². The lowest BCUT2D eigenvalue weighted by molar-refractivity contribution is -0.115. The maximum Gasteiger partial charge on any atom is 0.272 e. The summed E-state index contributed by atoms with van der Waals surface area (Å²) in [6, 6.07) is 12.1. The van der Waals surface area contributed by atoms with Crippen LogP contribution in [0.2, 0.25) is 0 Å². The van der Waals surface area contributed by atoms with Gasteiger partial charge in [-0.25, -0.2) is 10.1 Å². The number of aryl methyl sites for hydroxylation is 1. The number of H-pyrrole nitrogens is 1. The van der Waals surface area contributed by atoms with E-state index in [1.54, 1.807) is 53.4 Å². The summed E-state index contributed by atoms with van der Waals surface area (Å²) in [6.45, 7) is 4.81. The van der Waals surface area contributed by atoms with Crippen molar-refractivity contribution >= 4 is 33.3 Å². The summed E-state index contributed by atoms with van der Waals surface area (Å²) in [7, 11) is 0. The smallest absolute Gasteiger partial charge is 0.272 e. The molecule has 0 saturated carbocycles. The van der Waals surface area contributed by atoms with E-state index in [4.69, 9.17) is 0 Å². The first kappa shape index (κ1) is 20.5. The molecule has 0 aliphatic rings. The van der Waals surface area contributed by atoms with E-state index in [1.807, 2.05) is 0 Å². The summed E-state index contributed by atoms with van der Waals surface area (Å²) in [6.07, 6.45) is 2.43. The fraction of sp³-hybridized carbons (Fsp3) is 0.261. The van der Waals surface area contributed by atoms with E-state index in [0.717, 1.165) is 6.42 Å². The normalized spacial score (nSPS) is 11.3. The SMILES string of the molecule is CC(C)CCn1cnc2ccc(NC(=O)Cc3n[nH]c(=O)c4ccccc34)cc2c1=O. The van der Waals surface area contributed by atoms with Gasteiger partial charge in [0.05, 0.1) is 34.7 Å². The molecule has 1 amide bonds. The van der Waals surface area contributed by atoms with Crippen molar-refractivity contribution in [3.05, 3.63) is 75.2 Å². The Bertz CT molecular complexity index is 1390. The Kier molecular flexibility index (Phi) is 5.62. The quantitative estimate of drug-likeness (QED) is 0.501. The number of hydrogen-bond acceptors (Lipinski definition) is 5. The molecule has 0 atom stereocenters. The van der Waals surface area contributed by atoms with Crippen molar-refractivity contribution in [1.82, 2.24) is 19.7 Å². The van der Waals surface area contributed by atoms with Crippen molar-refractivity contribution in [3.8, 4) is 0 Å². The molecule has 2 aromatic carbocycles. The highest BCUT2D eigenvalue weighted by molar-refractivity contribution is 5.96. The lowest BCUT2D eigenvalue weighted by Gasteiger charge is -2.10. The second-order valence-corrected chi connectivity index (χ2v) is 7.93. The van der Waals surface area contributed by atoms with E-state index >= 15 is 0 Å². The fourth-order valence-electron chi connectivity index (χ4n) is 3.46. The Hall–Kier alpha value is -3.81. The molecule has 158 valence electrons. The zero-order valence-electron chi connectivity index (χ0n) is 17.4. The van der Waals surface area contributed by atoms with E-state index in [2.05, 4.69) is 34.3 Å². The number of benzene rings is 2. The van der Waals surface area contributed by atoms with Crippen LogP contribution in [0.1, 0.15) is 26.0 Å². The third kappa shape index (κ3) is 4.37. The molecule has 8 nitrogen and oxygen atoms in total. The highest BCUT2D eigenvalue weighted by Gasteiger charge is 2.12. The van der Waals surface area contributed by atoms with Gasteiger partial charge in [0.25, 0.3) is 11.1 Å². The summed E-state index contributed by atoms with van der Waals surface area (Å²) in [5.74, 6) is 0.180. The number of carbonyl (C=O) groups excluding carboxylic acids is 1. The number of anilines is 1. The Labute approximate surface area is 177 Å². The van der Waals surface area contributed by atoms with Gasteiger partial charge >= 0.3 is 0 Å². The van der Waals surface area contributed by atoms with Gasteiger partial charge in [-0.15, -0.1) is 0 Å². The highest BCUT2D eigenvalue weighted by Crippen LogP contribution is 2.17. The van der Waals surface area contributed by atoms with Crippen LogP contribution < -0.4 is 16.4 Å². The molecule has 0 unspecified atom stereocenters. The molecule has 0 radical (unpaired) electrons. The predicted molar refractivity (Wildman–Crippen MR) is 120 cm³/mol. The number of amides is 1. The first-order chi connectivity index (χ1) is 14.9. The number of carbonyl (C=O) groups is 1. The highest BCUT2D eigenvalue weighted by atomic mass is 16.2. The number of nitrogens with zero attached hydrogens (tertiary/aromatic N) is 3. The van der Waals surface area contributed by atoms with Crippen LogP contribution in [0.25, 0.3) is 21.7 Å². The monoisotopic (exact) mass is 417 g/mol. The third-order valence-electron chi connectivity index (χ3n) is 5.16. The van der Waals surface area contributed by atoms with Gasteiger partial charge in [0.15, 0.2) is 0 Å². The van der Waals surface area contributed by atoms with Crippen LogP contribution in [0.15, 0.2) is 58.4 Å². The second-order valence-electron chi connectivity index (χ2n) is 7.93. The van der Waals surface area contributed by atoms with Crippen LogP contribution in [-0.2, 0) is 17.8 Å². The Morgan fingerprint density at radius 3 is 2.65 bits per heavy atom. The molecule has 0 aliphatic heterocycles. The summed E-state index contributed by atoms with van der Waals surface area (Å²) in [5.41, 5.74) is 1.14. The lowest BCUT2D eigenvalue weighted by atomic mass is 10.1. The van der Waals surface area contributed by atoms with Crippen LogP contribution in [0, 0.1) is 5.92 Å². The van der Waals surface area contributed by atoms with E-state index in [0.29, 0.717) is 45.5 Å². The van der Waals surface area contributed by atoms with E-state index in [9.17, 15) is 14.4 Å².